The first kappa shape index (κ1) is 25.2. The molecule has 12 nitrogen and oxygen atoms in total. The third kappa shape index (κ3) is 8.21. The quantitative estimate of drug-likeness (QED) is 0.122. The molecule has 7 atom stereocenters. The molecule has 1 aliphatic rings. The fourth-order valence-corrected chi connectivity index (χ4v) is 5.69. The molecule has 162 valence electrons. The van der Waals surface area contributed by atoms with Gasteiger partial charge in [0.15, 0.2) is 0 Å². The van der Waals surface area contributed by atoms with Crippen LogP contribution >= 0.6 is 7.82 Å². The maximum absolute atomic E-state index is 11.9. The summed E-state index contributed by atoms with van der Waals surface area (Å²) in [7, 11) is -4.65. The van der Waals surface area contributed by atoms with E-state index in [-0.39, 0.29) is 5.21 Å². The summed E-state index contributed by atoms with van der Waals surface area (Å²) in [6, 6.07) is 0. The Hall–Kier alpha value is 0.188. The predicted octanol–water partition coefficient (Wildman–Crippen LogP) is -2.33. The molecule has 0 spiro atoms. The molecule has 0 aliphatic carbocycles. The van der Waals surface area contributed by atoms with Crippen molar-refractivity contribution in [1.29, 1.82) is 0 Å². The zero-order valence-corrected chi connectivity index (χ0v) is 17.8. The summed E-state index contributed by atoms with van der Waals surface area (Å²) < 4.78 is 37.6. The molecular formula is C13H28AsO12P. The number of hydrogen-bond acceptors (Lipinski definition) is 11. The SMILES string of the molecule is C[As](C)(=O)C[C@H]1O[C@](O)(CC(O)COP(=O)(O)OCC(O)CO)[C@H](O)[C@@H]1O. The van der Waals surface area contributed by atoms with E-state index in [1.165, 1.54) is 11.4 Å². The van der Waals surface area contributed by atoms with E-state index in [4.69, 9.17) is 14.9 Å². The van der Waals surface area contributed by atoms with E-state index in [1.807, 2.05) is 0 Å². The molecule has 0 aromatic rings. The van der Waals surface area contributed by atoms with E-state index in [2.05, 4.69) is 9.05 Å². The summed E-state index contributed by atoms with van der Waals surface area (Å²) in [5, 5.41) is 57.8. The number of rotatable bonds is 11. The van der Waals surface area contributed by atoms with Crippen molar-refractivity contribution in [3.05, 3.63) is 0 Å². The summed E-state index contributed by atoms with van der Waals surface area (Å²) in [5.41, 5.74) is 3.01. The van der Waals surface area contributed by atoms with E-state index in [0.29, 0.717) is 0 Å². The van der Waals surface area contributed by atoms with Gasteiger partial charge < -0.3 is 10.2 Å². The molecule has 0 radical (unpaired) electrons. The van der Waals surface area contributed by atoms with Crippen LogP contribution in [0.1, 0.15) is 6.42 Å². The zero-order chi connectivity index (χ0) is 21.0. The van der Waals surface area contributed by atoms with Gasteiger partial charge >= 0.3 is 141 Å². The van der Waals surface area contributed by atoms with Gasteiger partial charge in [-0.05, 0) is 0 Å². The van der Waals surface area contributed by atoms with Gasteiger partial charge in [-0.2, -0.15) is 0 Å². The first-order valence-electron chi connectivity index (χ1n) is 8.08. The van der Waals surface area contributed by atoms with Crippen LogP contribution in [0.2, 0.25) is 16.6 Å². The Bertz CT molecular complexity index is 569. The topological polar surface area (TPSA) is 203 Å². The summed E-state index contributed by atoms with van der Waals surface area (Å²) >= 11 is -3.27. The van der Waals surface area contributed by atoms with Crippen molar-refractivity contribution in [2.45, 2.75) is 59.4 Å². The van der Waals surface area contributed by atoms with E-state index >= 15 is 0 Å². The van der Waals surface area contributed by atoms with Gasteiger partial charge in [-0.3, -0.25) is 0 Å². The number of phosphoric ester groups is 1. The Morgan fingerprint density at radius 3 is 2.19 bits per heavy atom. The Kier molecular flexibility index (Phi) is 9.15. The Balaban J connectivity index is 2.58. The number of ether oxygens (including phenoxy) is 1. The van der Waals surface area contributed by atoms with Gasteiger partial charge in [0, 0.05) is 0 Å². The van der Waals surface area contributed by atoms with Crippen molar-refractivity contribution in [1.82, 2.24) is 0 Å². The summed E-state index contributed by atoms with van der Waals surface area (Å²) in [5.74, 6) is -2.37. The second kappa shape index (κ2) is 9.79. The van der Waals surface area contributed by atoms with Crippen molar-refractivity contribution in [2.24, 2.45) is 0 Å². The van der Waals surface area contributed by atoms with Crippen LogP contribution < -0.4 is 0 Å². The number of aliphatic hydroxyl groups is 6. The zero-order valence-electron chi connectivity index (χ0n) is 15.0. The van der Waals surface area contributed by atoms with Gasteiger partial charge in [-0.15, -0.1) is 0 Å². The standard InChI is InChI=1S/C13H28AsO12P/c1-14(2,21)4-10-11(18)12(19)13(20,26-10)3-8(16)6-24-27(22,23)25-7-9(17)5-15/h8-12,15-20H,3-7H2,1-2H3,(H,22,23)/t8?,9?,10-,11-,12-,13-/m1/s1. The van der Waals surface area contributed by atoms with E-state index in [0.717, 1.165) is 0 Å². The van der Waals surface area contributed by atoms with E-state index in [1.54, 1.807) is 0 Å². The van der Waals surface area contributed by atoms with Gasteiger partial charge in [0.1, 0.15) is 0 Å². The van der Waals surface area contributed by atoms with Crippen LogP contribution in [0.5, 0.6) is 0 Å². The summed E-state index contributed by atoms with van der Waals surface area (Å²) in [4.78, 5) is 9.39. The molecule has 1 saturated heterocycles. The Labute approximate surface area is 158 Å². The normalized spacial score (nSPS) is 33.6. The fraction of sp³-hybridized carbons (Fsp3) is 1.00. The van der Waals surface area contributed by atoms with Crippen LogP contribution in [-0.4, -0.2) is 105 Å². The van der Waals surface area contributed by atoms with Crippen molar-refractivity contribution >= 4 is 21.3 Å². The van der Waals surface area contributed by atoms with Crippen molar-refractivity contribution in [2.75, 3.05) is 19.8 Å². The third-order valence-electron chi connectivity index (χ3n) is 3.74. The molecule has 0 aromatic heterocycles. The van der Waals surface area contributed by atoms with Gasteiger partial charge in [0.05, 0.1) is 6.61 Å². The minimum atomic E-state index is -4.65. The van der Waals surface area contributed by atoms with Crippen LogP contribution in [-0.2, 0) is 22.1 Å². The number of phosphoric acid groups is 1. The average molecular weight is 482 g/mol. The van der Waals surface area contributed by atoms with Gasteiger partial charge in [0.2, 0.25) is 0 Å². The summed E-state index contributed by atoms with van der Waals surface area (Å²) in [6.45, 7) is -2.18. The molecule has 1 fully saturated rings. The molecule has 0 aromatic carbocycles. The Morgan fingerprint density at radius 1 is 1.19 bits per heavy atom. The van der Waals surface area contributed by atoms with Crippen LogP contribution in [0.15, 0.2) is 0 Å². The fourth-order valence-electron chi connectivity index (χ4n) is 2.47. The second-order valence-electron chi connectivity index (χ2n) is 6.95. The molecule has 14 heteroatoms. The average Bonchev–Trinajstić information content (AvgIpc) is 2.73. The molecule has 27 heavy (non-hydrogen) atoms. The number of aliphatic hydroxyl groups excluding tert-OH is 5. The molecule has 0 saturated carbocycles. The maximum atomic E-state index is 11.9. The molecule has 1 rings (SSSR count). The molecule has 7 N–H and O–H groups in total. The second-order valence-corrected chi connectivity index (χ2v) is 15.8. The van der Waals surface area contributed by atoms with Gasteiger partial charge in [-0.25, -0.2) is 0 Å². The van der Waals surface area contributed by atoms with Crippen LogP contribution in [0.25, 0.3) is 0 Å². The molecule has 1 heterocycles. The van der Waals surface area contributed by atoms with E-state index < -0.39 is 83.9 Å². The van der Waals surface area contributed by atoms with E-state index in [9.17, 15) is 33.6 Å². The molecule has 0 bridgehead atoms. The van der Waals surface area contributed by atoms with Gasteiger partial charge in [-0.1, -0.05) is 0 Å². The van der Waals surface area contributed by atoms with Crippen LogP contribution in [0.3, 0.4) is 0 Å². The molecule has 1 aliphatic heterocycles. The Morgan fingerprint density at radius 2 is 1.70 bits per heavy atom. The third-order valence-corrected chi connectivity index (χ3v) is 7.29. The van der Waals surface area contributed by atoms with Crippen molar-refractivity contribution in [3.63, 3.8) is 0 Å². The summed E-state index contributed by atoms with van der Waals surface area (Å²) in [6.07, 6.45) is -8.07. The van der Waals surface area contributed by atoms with Gasteiger partial charge in [0.25, 0.3) is 0 Å². The van der Waals surface area contributed by atoms with Crippen molar-refractivity contribution < 1.29 is 57.6 Å². The first-order chi connectivity index (χ1) is 12.2. The predicted molar refractivity (Wildman–Crippen MR) is 90.3 cm³/mol. The van der Waals surface area contributed by atoms with Crippen LogP contribution in [0, 0.1) is 0 Å². The van der Waals surface area contributed by atoms with Crippen LogP contribution in [0.4, 0.5) is 0 Å². The first-order valence-corrected chi connectivity index (χ1v) is 15.4. The molecule has 0 amide bonds. The minimum absolute atomic E-state index is 0.0434. The van der Waals surface area contributed by atoms with Crippen molar-refractivity contribution in [3.8, 4) is 0 Å². The number of hydrogen-bond donors (Lipinski definition) is 7. The molecular weight excluding hydrogens is 454 g/mol. The molecule has 3 unspecified atom stereocenters. The monoisotopic (exact) mass is 482 g/mol.